The first kappa shape index (κ1) is 15.0. The first-order chi connectivity index (χ1) is 10.7. The van der Waals surface area contributed by atoms with Gasteiger partial charge in [0.05, 0.1) is 0 Å². The van der Waals surface area contributed by atoms with Gasteiger partial charge < -0.3 is 10.6 Å². The molecule has 2 aliphatic rings. The van der Waals surface area contributed by atoms with E-state index in [0.717, 1.165) is 17.9 Å². The lowest BCUT2D eigenvalue weighted by atomic mass is 9.88. The highest BCUT2D eigenvalue weighted by molar-refractivity contribution is 5.81. The number of aromatic nitrogens is 1. The van der Waals surface area contributed by atoms with Crippen molar-refractivity contribution in [3.8, 4) is 0 Å². The Kier molecular flexibility index (Phi) is 4.71. The summed E-state index contributed by atoms with van der Waals surface area (Å²) in [6.07, 6.45) is 8.52. The van der Waals surface area contributed by atoms with Crippen LogP contribution < -0.4 is 10.6 Å². The molecule has 118 valence electrons. The third-order valence-electron chi connectivity index (χ3n) is 4.97. The molecule has 1 aromatic heterocycles. The summed E-state index contributed by atoms with van der Waals surface area (Å²) < 4.78 is 0. The molecule has 3 rings (SSSR count). The molecule has 2 amide bonds. The van der Waals surface area contributed by atoms with Gasteiger partial charge in [-0.2, -0.15) is 0 Å². The van der Waals surface area contributed by atoms with E-state index in [4.69, 9.17) is 0 Å². The maximum Gasteiger partial charge on any atom is 0.223 e. The van der Waals surface area contributed by atoms with E-state index in [1.807, 2.05) is 12.1 Å². The third kappa shape index (κ3) is 3.64. The van der Waals surface area contributed by atoms with E-state index in [-0.39, 0.29) is 17.7 Å². The topological polar surface area (TPSA) is 71.1 Å². The Morgan fingerprint density at radius 1 is 1.14 bits per heavy atom. The van der Waals surface area contributed by atoms with Crippen LogP contribution in [0.5, 0.6) is 0 Å². The number of pyridine rings is 1. The molecule has 3 atom stereocenters. The minimum Gasteiger partial charge on any atom is -0.355 e. The molecule has 22 heavy (non-hydrogen) atoms. The van der Waals surface area contributed by atoms with E-state index in [9.17, 15) is 9.59 Å². The van der Waals surface area contributed by atoms with Crippen LogP contribution >= 0.6 is 0 Å². The van der Waals surface area contributed by atoms with E-state index in [2.05, 4.69) is 15.6 Å². The minimum atomic E-state index is -0.0370. The smallest absolute Gasteiger partial charge is 0.223 e. The molecule has 0 spiro atoms. The summed E-state index contributed by atoms with van der Waals surface area (Å²) in [4.78, 5) is 27.9. The fourth-order valence-electron chi connectivity index (χ4n) is 3.79. The van der Waals surface area contributed by atoms with Crippen molar-refractivity contribution in [3.05, 3.63) is 30.1 Å². The number of rotatable bonds is 6. The second-order valence-electron chi connectivity index (χ2n) is 6.45. The van der Waals surface area contributed by atoms with Gasteiger partial charge in [-0.05, 0) is 48.8 Å². The summed E-state index contributed by atoms with van der Waals surface area (Å²) in [6.45, 7) is 0.927. The van der Waals surface area contributed by atoms with E-state index >= 15 is 0 Å². The van der Waals surface area contributed by atoms with Gasteiger partial charge in [0.1, 0.15) is 0 Å². The van der Waals surface area contributed by atoms with E-state index in [0.29, 0.717) is 25.4 Å². The van der Waals surface area contributed by atoms with Crippen molar-refractivity contribution in [3.63, 3.8) is 0 Å². The van der Waals surface area contributed by atoms with Crippen LogP contribution in [0.2, 0.25) is 0 Å². The van der Waals surface area contributed by atoms with Gasteiger partial charge >= 0.3 is 0 Å². The Morgan fingerprint density at radius 3 is 2.64 bits per heavy atom. The average Bonchev–Trinajstić information content (AvgIpc) is 3.17. The number of amides is 2. The Labute approximate surface area is 130 Å². The summed E-state index contributed by atoms with van der Waals surface area (Å²) in [6, 6.07) is 3.74. The second-order valence-corrected chi connectivity index (χ2v) is 6.45. The fourth-order valence-corrected chi connectivity index (χ4v) is 3.79. The van der Waals surface area contributed by atoms with Crippen molar-refractivity contribution < 1.29 is 9.59 Å². The molecule has 0 saturated heterocycles. The highest BCUT2D eigenvalue weighted by Gasteiger charge is 2.42. The molecular formula is C17H23N3O2. The van der Waals surface area contributed by atoms with Crippen LogP contribution in [0.4, 0.5) is 0 Å². The molecule has 2 bridgehead atoms. The summed E-state index contributed by atoms with van der Waals surface area (Å²) in [7, 11) is 0. The van der Waals surface area contributed by atoms with Crippen LogP contribution in [-0.4, -0.2) is 23.3 Å². The largest absolute Gasteiger partial charge is 0.355 e. The molecule has 0 aromatic carbocycles. The molecule has 1 heterocycles. The Balaban J connectivity index is 1.33. The van der Waals surface area contributed by atoms with E-state index in [1.54, 1.807) is 12.4 Å². The normalized spacial score (nSPS) is 25.9. The van der Waals surface area contributed by atoms with Gasteiger partial charge in [0.2, 0.25) is 11.8 Å². The SMILES string of the molecule is O=C(CCNC(=O)[C@@H]1C[C@H]2CC[C@H]1C2)NCc1ccncc1. The van der Waals surface area contributed by atoms with Gasteiger partial charge in [-0.1, -0.05) is 6.42 Å². The summed E-state index contributed by atoms with van der Waals surface area (Å²) >= 11 is 0. The number of carbonyl (C=O) groups is 2. The fraction of sp³-hybridized carbons (Fsp3) is 0.588. The molecule has 5 heteroatoms. The Hall–Kier alpha value is -1.91. The number of hydrogen-bond acceptors (Lipinski definition) is 3. The first-order valence-corrected chi connectivity index (χ1v) is 8.15. The van der Waals surface area contributed by atoms with Gasteiger partial charge in [0.25, 0.3) is 0 Å². The summed E-state index contributed by atoms with van der Waals surface area (Å²) in [5.41, 5.74) is 1.02. The zero-order chi connectivity index (χ0) is 15.4. The predicted molar refractivity (Wildman–Crippen MR) is 82.6 cm³/mol. The molecule has 0 aliphatic heterocycles. The van der Waals surface area contributed by atoms with Crippen LogP contribution in [-0.2, 0) is 16.1 Å². The molecule has 0 radical (unpaired) electrons. The lowest BCUT2D eigenvalue weighted by Gasteiger charge is -2.20. The highest BCUT2D eigenvalue weighted by Crippen LogP contribution is 2.48. The maximum absolute atomic E-state index is 12.1. The minimum absolute atomic E-state index is 0.0370. The van der Waals surface area contributed by atoms with Gasteiger partial charge in [0.15, 0.2) is 0 Å². The van der Waals surface area contributed by atoms with Gasteiger partial charge in [-0.15, -0.1) is 0 Å². The van der Waals surface area contributed by atoms with Crippen molar-refractivity contribution in [2.75, 3.05) is 6.54 Å². The lowest BCUT2D eigenvalue weighted by molar-refractivity contribution is -0.126. The third-order valence-corrected chi connectivity index (χ3v) is 4.97. The van der Waals surface area contributed by atoms with Crippen LogP contribution in [0.1, 0.15) is 37.7 Å². The maximum atomic E-state index is 12.1. The van der Waals surface area contributed by atoms with Crippen molar-refractivity contribution in [1.29, 1.82) is 0 Å². The Morgan fingerprint density at radius 2 is 1.95 bits per heavy atom. The molecule has 1 aromatic rings. The number of fused-ring (bicyclic) bond motifs is 2. The van der Waals surface area contributed by atoms with Gasteiger partial charge in [0, 0.05) is 37.8 Å². The molecule has 2 fully saturated rings. The number of hydrogen-bond donors (Lipinski definition) is 2. The monoisotopic (exact) mass is 301 g/mol. The zero-order valence-corrected chi connectivity index (χ0v) is 12.8. The summed E-state index contributed by atoms with van der Waals surface area (Å²) in [5.74, 6) is 1.66. The first-order valence-electron chi connectivity index (χ1n) is 8.15. The van der Waals surface area contributed by atoms with Crippen molar-refractivity contribution in [2.45, 2.75) is 38.6 Å². The van der Waals surface area contributed by atoms with E-state index < -0.39 is 0 Å². The number of nitrogens with one attached hydrogen (secondary N) is 2. The molecule has 5 nitrogen and oxygen atoms in total. The number of nitrogens with zero attached hydrogens (tertiary/aromatic N) is 1. The molecule has 2 N–H and O–H groups in total. The van der Waals surface area contributed by atoms with Crippen molar-refractivity contribution >= 4 is 11.8 Å². The van der Waals surface area contributed by atoms with Gasteiger partial charge in [-0.3, -0.25) is 14.6 Å². The quantitative estimate of drug-likeness (QED) is 0.839. The average molecular weight is 301 g/mol. The van der Waals surface area contributed by atoms with Crippen LogP contribution in [0.25, 0.3) is 0 Å². The standard InChI is InChI=1S/C17H23N3O2/c21-16(20-11-12-3-6-18-7-4-12)5-8-19-17(22)15-10-13-1-2-14(15)9-13/h3-4,6-7,13-15H,1-2,5,8-11H2,(H,19,22)(H,20,21)/t13-,14-,15+/m0/s1. The highest BCUT2D eigenvalue weighted by atomic mass is 16.2. The van der Waals surface area contributed by atoms with Crippen LogP contribution in [0.15, 0.2) is 24.5 Å². The lowest BCUT2D eigenvalue weighted by Crippen LogP contribution is -2.36. The van der Waals surface area contributed by atoms with Crippen LogP contribution in [0.3, 0.4) is 0 Å². The predicted octanol–water partition coefficient (Wildman–Crippen LogP) is 1.64. The second kappa shape index (κ2) is 6.90. The number of carbonyl (C=O) groups excluding carboxylic acids is 2. The molecule has 2 aliphatic carbocycles. The van der Waals surface area contributed by atoms with Crippen molar-refractivity contribution in [1.82, 2.24) is 15.6 Å². The zero-order valence-electron chi connectivity index (χ0n) is 12.8. The van der Waals surface area contributed by atoms with E-state index in [1.165, 1.54) is 19.3 Å². The molecule has 0 unspecified atom stereocenters. The van der Waals surface area contributed by atoms with Gasteiger partial charge in [-0.25, -0.2) is 0 Å². The van der Waals surface area contributed by atoms with Crippen LogP contribution in [0, 0.1) is 17.8 Å². The summed E-state index contributed by atoms with van der Waals surface area (Å²) in [5, 5.41) is 5.78. The molecular weight excluding hydrogens is 278 g/mol. The van der Waals surface area contributed by atoms with Crippen molar-refractivity contribution in [2.24, 2.45) is 17.8 Å². The molecule has 2 saturated carbocycles. The Bertz CT molecular complexity index is 532.